The summed E-state index contributed by atoms with van der Waals surface area (Å²) >= 11 is 0. The fraction of sp³-hybridized carbons (Fsp3) is 0.750. The van der Waals surface area contributed by atoms with E-state index < -0.39 is 0 Å². The van der Waals surface area contributed by atoms with Crippen LogP contribution in [0.25, 0.3) is 0 Å². The van der Waals surface area contributed by atoms with E-state index in [1.54, 1.807) is 0 Å². The summed E-state index contributed by atoms with van der Waals surface area (Å²) in [5.74, 6) is 1.53. The summed E-state index contributed by atoms with van der Waals surface area (Å²) in [5.41, 5.74) is 1.43. The Labute approximate surface area is 96.7 Å². The van der Waals surface area contributed by atoms with Crippen LogP contribution in [0.3, 0.4) is 0 Å². The third-order valence-corrected chi connectivity index (χ3v) is 3.35. The average Bonchev–Trinajstić information content (AvgIpc) is 2.66. The van der Waals surface area contributed by atoms with E-state index in [1.807, 2.05) is 4.68 Å². The topological polar surface area (TPSA) is 43.6 Å². The lowest BCUT2D eigenvalue weighted by Crippen LogP contribution is -2.34. The van der Waals surface area contributed by atoms with Crippen LogP contribution in [-0.4, -0.2) is 20.2 Å². The van der Waals surface area contributed by atoms with Gasteiger partial charge in [0.1, 0.15) is 0 Å². The van der Waals surface area contributed by atoms with Gasteiger partial charge >= 0.3 is 0 Å². The SMILES string of the molecule is CC(C)=CCC1CCC(C)(C)n2nnnc21. The Morgan fingerprint density at radius 3 is 2.94 bits per heavy atom. The quantitative estimate of drug-likeness (QED) is 0.720. The predicted octanol–water partition coefficient (Wildman–Crippen LogP) is 2.64. The molecule has 0 aliphatic carbocycles. The fourth-order valence-electron chi connectivity index (χ4n) is 2.24. The van der Waals surface area contributed by atoms with Crippen LogP contribution < -0.4 is 0 Å². The lowest BCUT2D eigenvalue weighted by Gasteiger charge is -2.33. The summed E-state index contributed by atoms with van der Waals surface area (Å²) in [6, 6.07) is 0. The fourth-order valence-corrected chi connectivity index (χ4v) is 2.24. The van der Waals surface area contributed by atoms with Crippen LogP contribution >= 0.6 is 0 Å². The van der Waals surface area contributed by atoms with Gasteiger partial charge in [-0.1, -0.05) is 11.6 Å². The molecule has 0 saturated carbocycles. The van der Waals surface area contributed by atoms with E-state index >= 15 is 0 Å². The van der Waals surface area contributed by atoms with E-state index in [2.05, 4.69) is 49.3 Å². The second-order valence-corrected chi connectivity index (χ2v) is 5.51. The Hall–Kier alpha value is -1.19. The van der Waals surface area contributed by atoms with E-state index in [9.17, 15) is 0 Å². The van der Waals surface area contributed by atoms with E-state index in [0.717, 1.165) is 18.7 Å². The number of aromatic nitrogens is 4. The molecule has 1 aromatic heterocycles. The Kier molecular flexibility index (Phi) is 2.82. The molecule has 4 nitrogen and oxygen atoms in total. The van der Waals surface area contributed by atoms with Gasteiger partial charge in [0.2, 0.25) is 0 Å². The summed E-state index contributed by atoms with van der Waals surface area (Å²) in [6.07, 6.45) is 5.66. The number of tetrazole rings is 1. The van der Waals surface area contributed by atoms with Gasteiger partial charge in [0.25, 0.3) is 0 Å². The van der Waals surface area contributed by atoms with Crippen LogP contribution in [0, 0.1) is 0 Å². The van der Waals surface area contributed by atoms with Crippen molar-refractivity contribution in [3.63, 3.8) is 0 Å². The van der Waals surface area contributed by atoms with Gasteiger partial charge in [-0.05, 0) is 57.4 Å². The van der Waals surface area contributed by atoms with Crippen molar-refractivity contribution in [1.82, 2.24) is 20.2 Å². The number of allylic oxidation sites excluding steroid dienone is 2. The highest BCUT2D eigenvalue weighted by atomic mass is 15.6. The maximum atomic E-state index is 4.18. The Bertz CT molecular complexity index is 399. The molecule has 0 aromatic carbocycles. The summed E-state index contributed by atoms with van der Waals surface area (Å²) in [6.45, 7) is 8.67. The molecule has 0 fully saturated rings. The Balaban J connectivity index is 2.24. The Morgan fingerprint density at radius 2 is 2.25 bits per heavy atom. The van der Waals surface area contributed by atoms with Gasteiger partial charge < -0.3 is 0 Å². The highest BCUT2D eigenvalue weighted by molar-refractivity contribution is 5.07. The molecule has 0 radical (unpaired) electrons. The second kappa shape index (κ2) is 4.00. The summed E-state index contributed by atoms with van der Waals surface area (Å²) in [4.78, 5) is 0. The van der Waals surface area contributed by atoms with Crippen molar-refractivity contribution >= 4 is 0 Å². The van der Waals surface area contributed by atoms with E-state index in [0.29, 0.717) is 5.92 Å². The number of nitrogens with zero attached hydrogens (tertiary/aromatic N) is 4. The van der Waals surface area contributed by atoms with E-state index in [1.165, 1.54) is 12.0 Å². The van der Waals surface area contributed by atoms with Crippen molar-refractivity contribution in [2.24, 2.45) is 0 Å². The maximum Gasteiger partial charge on any atom is 0.155 e. The Morgan fingerprint density at radius 1 is 1.50 bits per heavy atom. The van der Waals surface area contributed by atoms with Crippen LogP contribution in [0.15, 0.2) is 11.6 Å². The van der Waals surface area contributed by atoms with E-state index in [4.69, 9.17) is 0 Å². The molecule has 0 spiro atoms. The van der Waals surface area contributed by atoms with Gasteiger partial charge in [-0.25, -0.2) is 4.68 Å². The summed E-state index contributed by atoms with van der Waals surface area (Å²) in [5, 5.41) is 12.1. The molecule has 4 heteroatoms. The van der Waals surface area contributed by atoms with Crippen molar-refractivity contribution in [3.8, 4) is 0 Å². The summed E-state index contributed by atoms with van der Waals surface area (Å²) in [7, 11) is 0. The molecule has 1 aromatic rings. The molecule has 1 aliphatic heterocycles. The third kappa shape index (κ3) is 2.01. The predicted molar refractivity (Wildman–Crippen MR) is 63.2 cm³/mol. The highest BCUT2D eigenvalue weighted by Gasteiger charge is 2.34. The van der Waals surface area contributed by atoms with Gasteiger partial charge in [-0.3, -0.25) is 0 Å². The van der Waals surface area contributed by atoms with Crippen LogP contribution in [0.2, 0.25) is 0 Å². The lowest BCUT2D eigenvalue weighted by atomic mass is 9.85. The molecular weight excluding hydrogens is 200 g/mol. The zero-order valence-electron chi connectivity index (χ0n) is 10.6. The molecule has 0 saturated heterocycles. The van der Waals surface area contributed by atoms with Gasteiger partial charge in [0.15, 0.2) is 5.82 Å². The average molecular weight is 220 g/mol. The third-order valence-electron chi connectivity index (χ3n) is 3.35. The van der Waals surface area contributed by atoms with Crippen molar-refractivity contribution in [1.29, 1.82) is 0 Å². The van der Waals surface area contributed by atoms with Crippen LogP contribution in [0.5, 0.6) is 0 Å². The monoisotopic (exact) mass is 220 g/mol. The number of hydrogen-bond donors (Lipinski definition) is 0. The molecule has 1 aliphatic rings. The van der Waals surface area contributed by atoms with Crippen LogP contribution in [0.4, 0.5) is 0 Å². The largest absolute Gasteiger partial charge is 0.224 e. The number of hydrogen-bond acceptors (Lipinski definition) is 3. The molecule has 0 bridgehead atoms. The molecule has 16 heavy (non-hydrogen) atoms. The first-order valence-electron chi connectivity index (χ1n) is 5.93. The van der Waals surface area contributed by atoms with Gasteiger partial charge in [0.05, 0.1) is 5.54 Å². The van der Waals surface area contributed by atoms with Crippen molar-refractivity contribution in [2.75, 3.05) is 0 Å². The summed E-state index contributed by atoms with van der Waals surface area (Å²) < 4.78 is 2.00. The zero-order valence-corrected chi connectivity index (χ0v) is 10.6. The number of fused-ring (bicyclic) bond motifs is 1. The molecule has 2 heterocycles. The van der Waals surface area contributed by atoms with Crippen molar-refractivity contribution in [3.05, 3.63) is 17.5 Å². The number of rotatable bonds is 2. The smallest absolute Gasteiger partial charge is 0.155 e. The molecule has 0 N–H and O–H groups in total. The van der Waals surface area contributed by atoms with Crippen LogP contribution in [-0.2, 0) is 5.54 Å². The molecule has 1 atom stereocenters. The molecule has 88 valence electrons. The normalized spacial score (nSPS) is 22.6. The standard InChI is InChI=1S/C12H20N4/c1-9(2)5-6-10-7-8-12(3,4)16-11(10)13-14-15-16/h5,10H,6-8H2,1-4H3. The van der Waals surface area contributed by atoms with Gasteiger partial charge in [-0.15, -0.1) is 5.10 Å². The highest BCUT2D eigenvalue weighted by Crippen LogP contribution is 2.36. The maximum absolute atomic E-state index is 4.18. The first-order valence-corrected chi connectivity index (χ1v) is 5.93. The zero-order chi connectivity index (χ0) is 11.8. The minimum Gasteiger partial charge on any atom is -0.224 e. The van der Waals surface area contributed by atoms with Crippen molar-refractivity contribution in [2.45, 2.75) is 58.4 Å². The van der Waals surface area contributed by atoms with Crippen LogP contribution in [0.1, 0.15) is 58.7 Å². The first-order chi connectivity index (χ1) is 7.50. The molecule has 0 amide bonds. The second-order valence-electron chi connectivity index (χ2n) is 5.51. The van der Waals surface area contributed by atoms with Crippen molar-refractivity contribution < 1.29 is 0 Å². The first kappa shape index (κ1) is 11.3. The minimum atomic E-state index is 0.0697. The van der Waals surface area contributed by atoms with Gasteiger partial charge in [-0.2, -0.15) is 0 Å². The van der Waals surface area contributed by atoms with Gasteiger partial charge in [0, 0.05) is 5.92 Å². The molecular formula is C12H20N4. The minimum absolute atomic E-state index is 0.0697. The van der Waals surface area contributed by atoms with E-state index in [-0.39, 0.29) is 5.54 Å². The molecule has 1 unspecified atom stereocenters. The lowest BCUT2D eigenvalue weighted by molar-refractivity contribution is 0.226. The molecule has 2 rings (SSSR count).